The number of anilines is 1. The lowest BCUT2D eigenvalue weighted by Gasteiger charge is -2.13. The van der Waals surface area contributed by atoms with Gasteiger partial charge in [-0.25, -0.2) is 13.1 Å². The van der Waals surface area contributed by atoms with Crippen LogP contribution in [0.4, 0.5) is 5.69 Å². The van der Waals surface area contributed by atoms with Gasteiger partial charge in [-0.05, 0) is 61.4 Å². The summed E-state index contributed by atoms with van der Waals surface area (Å²) in [6.07, 6.45) is 0. The van der Waals surface area contributed by atoms with Crippen LogP contribution < -0.4 is 14.8 Å². The maximum absolute atomic E-state index is 12.5. The average molecular weight is 373 g/mol. The van der Waals surface area contributed by atoms with E-state index in [1.54, 1.807) is 37.3 Å². The van der Waals surface area contributed by atoms with Crippen LogP contribution in [0.3, 0.4) is 0 Å². The number of ether oxygens (including phenoxy) is 1. The molecule has 0 spiro atoms. The third kappa shape index (κ3) is 4.59. The number of nitrogens with zero attached hydrogens (tertiary/aromatic N) is 1. The summed E-state index contributed by atoms with van der Waals surface area (Å²) in [5.74, 6) is -0.311. The SMILES string of the molecule is COc1cc(C)c(C)cc1S(=O)(=O)NCC(=O)Nc1ccc(C#N)cc1. The second-order valence-corrected chi connectivity index (χ2v) is 7.38. The molecule has 2 N–H and O–H groups in total. The Bertz CT molecular complexity index is 961. The van der Waals surface area contributed by atoms with Crippen molar-refractivity contribution in [3.05, 3.63) is 53.1 Å². The maximum atomic E-state index is 12.5. The van der Waals surface area contributed by atoms with E-state index in [1.807, 2.05) is 13.0 Å². The standard InChI is InChI=1S/C18H19N3O4S/c1-12-8-16(25-3)17(9-13(12)2)26(23,24)20-11-18(22)21-15-6-4-14(10-19)5-7-15/h4-9,20H,11H2,1-3H3,(H,21,22). The number of amides is 1. The van der Waals surface area contributed by atoms with E-state index in [9.17, 15) is 13.2 Å². The second-order valence-electron chi connectivity index (χ2n) is 5.65. The van der Waals surface area contributed by atoms with Crippen LogP contribution in [0, 0.1) is 25.2 Å². The van der Waals surface area contributed by atoms with Crippen LogP contribution in [0.15, 0.2) is 41.3 Å². The van der Waals surface area contributed by atoms with Gasteiger partial charge < -0.3 is 10.1 Å². The van der Waals surface area contributed by atoms with E-state index in [2.05, 4.69) is 10.0 Å². The number of methoxy groups -OCH3 is 1. The lowest BCUT2D eigenvalue weighted by molar-refractivity contribution is -0.115. The zero-order valence-electron chi connectivity index (χ0n) is 14.7. The molecule has 0 radical (unpaired) electrons. The zero-order valence-corrected chi connectivity index (χ0v) is 15.5. The number of sulfonamides is 1. The Morgan fingerprint density at radius 1 is 1.15 bits per heavy atom. The Morgan fingerprint density at radius 3 is 2.35 bits per heavy atom. The average Bonchev–Trinajstić information content (AvgIpc) is 2.62. The molecule has 0 saturated heterocycles. The van der Waals surface area contributed by atoms with Gasteiger partial charge in [0.15, 0.2) is 0 Å². The summed E-state index contributed by atoms with van der Waals surface area (Å²) < 4.78 is 32.4. The quantitative estimate of drug-likeness (QED) is 0.806. The van der Waals surface area contributed by atoms with Gasteiger partial charge in [-0.15, -0.1) is 0 Å². The topological polar surface area (TPSA) is 108 Å². The molecule has 0 aliphatic heterocycles. The van der Waals surface area contributed by atoms with Crippen LogP contribution >= 0.6 is 0 Å². The number of benzene rings is 2. The Hall–Kier alpha value is -2.89. The van der Waals surface area contributed by atoms with Gasteiger partial charge in [-0.3, -0.25) is 4.79 Å². The van der Waals surface area contributed by atoms with E-state index in [-0.39, 0.29) is 10.6 Å². The third-order valence-corrected chi connectivity index (χ3v) is 5.21. The number of carbonyl (C=O) groups is 1. The van der Waals surface area contributed by atoms with E-state index in [0.717, 1.165) is 11.1 Å². The molecule has 136 valence electrons. The van der Waals surface area contributed by atoms with Gasteiger partial charge in [-0.1, -0.05) is 0 Å². The highest BCUT2D eigenvalue weighted by Gasteiger charge is 2.21. The monoisotopic (exact) mass is 373 g/mol. The highest BCUT2D eigenvalue weighted by Crippen LogP contribution is 2.27. The van der Waals surface area contributed by atoms with Gasteiger partial charge >= 0.3 is 0 Å². The summed E-state index contributed by atoms with van der Waals surface area (Å²) in [4.78, 5) is 12.0. The summed E-state index contributed by atoms with van der Waals surface area (Å²) in [7, 11) is -2.53. The van der Waals surface area contributed by atoms with Crippen molar-refractivity contribution in [2.24, 2.45) is 0 Å². The molecule has 0 aromatic heterocycles. The summed E-state index contributed by atoms with van der Waals surface area (Å²) in [5.41, 5.74) is 2.63. The molecule has 0 aliphatic carbocycles. The van der Waals surface area contributed by atoms with E-state index < -0.39 is 22.5 Å². The summed E-state index contributed by atoms with van der Waals surface area (Å²) in [6, 6.07) is 11.4. The molecule has 2 rings (SSSR count). The van der Waals surface area contributed by atoms with Gasteiger partial charge in [0.05, 0.1) is 25.3 Å². The fourth-order valence-corrected chi connectivity index (χ4v) is 3.42. The fourth-order valence-electron chi connectivity index (χ4n) is 2.20. The number of nitriles is 1. The summed E-state index contributed by atoms with van der Waals surface area (Å²) >= 11 is 0. The van der Waals surface area contributed by atoms with Gasteiger partial charge in [0.2, 0.25) is 15.9 Å². The summed E-state index contributed by atoms with van der Waals surface area (Å²) in [5, 5.41) is 11.3. The van der Waals surface area contributed by atoms with Crippen molar-refractivity contribution in [3.63, 3.8) is 0 Å². The van der Waals surface area contributed by atoms with Crippen LogP contribution in [-0.2, 0) is 14.8 Å². The van der Waals surface area contributed by atoms with Crippen molar-refractivity contribution < 1.29 is 17.9 Å². The second kappa shape index (κ2) is 7.99. The number of carbonyl (C=O) groups excluding carboxylic acids is 1. The Kier molecular flexibility index (Phi) is 5.97. The van der Waals surface area contributed by atoms with Crippen molar-refractivity contribution in [1.82, 2.24) is 4.72 Å². The highest BCUT2D eigenvalue weighted by atomic mass is 32.2. The minimum atomic E-state index is -3.92. The molecule has 0 unspecified atom stereocenters. The minimum Gasteiger partial charge on any atom is -0.495 e. The van der Waals surface area contributed by atoms with Crippen molar-refractivity contribution in [1.29, 1.82) is 5.26 Å². The molecular weight excluding hydrogens is 354 g/mol. The van der Waals surface area contributed by atoms with Crippen molar-refractivity contribution in [3.8, 4) is 11.8 Å². The fraction of sp³-hybridized carbons (Fsp3) is 0.222. The number of hydrogen-bond acceptors (Lipinski definition) is 5. The van der Waals surface area contributed by atoms with Gasteiger partial charge in [0.1, 0.15) is 10.6 Å². The molecule has 0 fully saturated rings. The first-order chi connectivity index (χ1) is 12.3. The number of rotatable bonds is 6. The molecular formula is C18H19N3O4S. The molecule has 26 heavy (non-hydrogen) atoms. The van der Waals surface area contributed by atoms with E-state index in [4.69, 9.17) is 10.00 Å². The molecule has 0 atom stereocenters. The Labute approximate surface area is 152 Å². The van der Waals surface area contributed by atoms with E-state index >= 15 is 0 Å². The molecule has 2 aromatic carbocycles. The van der Waals surface area contributed by atoms with Crippen LogP contribution in [0.2, 0.25) is 0 Å². The number of hydrogen-bond donors (Lipinski definition) is 2. The number of nitrogens with one attached hydrogen (secondary N) is 2. The largest absolute Gasteiger partial charge is 0.495 e. The normalized spacial score (nSPS) is 10.8. The first kappa shape index (κ1) is 19.4. The molecule has 0 heterocycles. The summed E-state index contributed by atoms with van der Waals surface area (Å²) in [6.45, 7) is 3.22. The Balaban J connectivity index is 2.09. The number of aryl methyl sites for hydroxylation is 2. The zero-order chi connectivity index (χ0) is 19.3. The van der Waals surface area contributed by atoms with Crippen molar-refractivity contribution >= 4 is 21.6 Å². The van der Waals surface area contributed by atoms with Crippen molar-refractivity contribution in [2.45, 2.75) is 18.7 Å². The highest BCUT2D eigenvalue weighted by molar-refractivity contribution is 7.89. The van der Waals surface area contributed by atoms with Crippen LogP contribution in [0.5, 0.6) is 5.75 Å². The van der Waals surface area contributed by atoms with Gasteiger partial charge in [0, 0.05) is 5.69 Å². The van der Waals surface area contributed by atoms with Crippen LogP contribution in [0.25, 0.3) is 0 Å². The lowest BCUT2D eigenvalue weighted by Crippen LogP contribution is -2.33. The van der Waals surface area contributed by atoms with E-state index in [1.165, 1.54) is 13.2 Å². The first-order valence-corrected chi connectivity index (χ1v) is 9.20. The predicted octanol–water partition coefficient (Wildman–Crippen LogP) is 2.10. The third-order valence-electron chi connectivity index (χ3n) is 3.79. The Morgan fingerprint density at radius 2 is 1.77 bits per heavy atom. The molecule has 1 amide bonds. The lowest BCUT2D eigenvalue weighted by atomic mass is 10.1. The molecule has 8 heteroatoms. The molecule has 0 bridgehead atoms. The molecule has 2 aromatic rings. The van der Waals surface area contributed by atoms with Crippen LogP contribution in [0.1, 0.15) is 16.7 Å². The molecule has 0 saturated carbocycles. The molecule has 0 aliphatic rings. The first-order valence-electron chi connectivity index (χ1n) is 7.71. The smallest absolute Gasteiger partial charge is 0.244 e. The van der Waals surface area contributed by atoms with Crippen LogP contribution in [-0.4, -0.2) is 28.0 Å². The predicted molar refractivity (Wildman–Crippen MR) is 97.4 cm³/mol. The van der Waals surface area contributed by atoms with Crippen molar-refractivity contribution in [2.75, 3.05) is 19.0 Å². The maximum Gasteiger partial charge on any atom is 0.244 e. The van der Waals surface area contributed by atoms with E-state index in [0.29, 0.717) is 11.3 Å². The van der Waals surface area contributed by atoms with Gasteiger partial charge in [-0.2, -0.15) is 5.26 Å². The van der Waals surface area contributed by atoms with Gasteiger partial charge in [0.25, 0.3) is 0 Å². The minimum absolute atomic E-state index is 0.0192. The molecule has 7 nitrogen and oxygen atoms in total.